The average Bonchev–Trinajstić information content (AvgIpc) is 2.05. The zero-order chi connectivity index (χ0) is 8.97. The van der Waals surface area contributed by atoms with E-state index >= 15 is 0 Å². The summed E-state index contributed by atoms with van der Waals surface area (Å²) in [4.78, 5) is 1.94. The van der Waals surface area contributed by atoms with Gasteiger partial charge in [-0.3, -0.25) is 0 Å². The summed E-state index contributed by atoms with van der Waals surface area (Å²) in [5, 5.41) is 8.50. The Morgan fingerprint density at radius 2 is 2.08 bits per heavy atom. The van der Waals surface area contributed by atoms with Gasteiger partial charge in [0.15, 0.2) is 0 Å². The van der Waals surface area contributed by atoms with Crippen LogP contribution in [0.2, 0.25) is 0 Å². The molecule has 2 heteroatoms. The number of hydrogen-bond donors (Lipinski definition) is 0. The van der Waals surface area contributed by atoms with Crippen LogP contribution in [0, 0.1) is 18.3 Å². The maximum absolute atomic E-state index is 8.50. The molecule has 0 saturated carbocycles. The fourth-order valence-corrected chi connectivity index (χ4v) is 1.18. The standard InChI is InChI=1S/C10H12N2/c1-9-5-3-4-6-10(9)12(2)8-7-11/h3-6H,8H2,1-2H3. The van der Waals surface area contributed by atoms with Gasteiger partial charge in [-0.15, -0.1) is 0 Å². The Morgan fingerprint density at radius 1 is 1.42 bits per heavy atom. The molecule has 0 aliphatic rings. The second-order valence-corrected chi connectivity index (χ2v) is 2.80. The van der Waals surface area contributed by atoms with Crippen LogP contribution >= 0.6 is 0 Å². The third-order valence-corrected chi connectivity index (χ3v) is 1.83. The first-order valence-electron chi connectivity index (χ1n) is 3.89. The summed E-state index contributed by atoms with van der Waals surface area (Å²) in [6.07, 6.45) is 0. The molecule has 0 saturated heterocycles. The average molecular weight is 160 g/mol. The van der Waals surface area contributed by atoms with Crippen LogP contribution in [-0.2, 0) is 0 Å². The zero-order valence-electron chi connectivity index (χ0n) is 7.41. The molecule has 0 N–H and O–H groups in total. The van der Waals surface area contributed by atoms with E-state index in [1.807, 2.05) is 43.1 Å². The van der Waals surface area contributed by atoms with E-state index in [4.69, 9.17) is 5.26 Å². The first kappa shape index (κ1) is 8.61. The minimum absolute atomic E-state index is 0.435. The number of para-hydroxylation sites is 1. The molecule has 0 unspecified atom stereocenters. The van der Waals surface area contributed by atoms with Crippen molar-refractivity contribution in [3.8, 4) is 6.07 Å². The van der Waals surface area contributed by atoms with E-state index in [0.717, 1.165) is 5.69 Å². The Kier molecular flexibility index (Phi) is 2.71. The van der Waals surface area contributed by atoms with Crippen molar-refractivity contribution in [2.45, 2.75) is 6.92 Å². The van der Waals surface area contributed by atoms with Crippen LogP contribution in [0.4, 0.5) is 5.69 Å². The van der Waals surface area contributed by atoms with Crippen molar-refractivity contribution < 1.29 is 0 Å². The lowest BCUT2D eigenvalue weighted by molar-refractivity contribution is 1.03. The fourth-order valence-electron chi connectivity index (χ4n) is 1.18. The number of anilines is 1. The topological polar surface area (TPSA) is 27.0 Å². The van der Waals surface area contributed by atoms with E-state index < -0.39 is 0 Å². The van der Waals surface area contributed by atoms with Gasteiger partial charge in [0.25, 0.3) is 0 Å². The van der Waals surface area contributed by atoms with Gasteiger partial charge in [0.05, 0.1) is 6.07 Å². The van der Waals surface area contributed by atoms with Crippen molar-refractivity contribution in [1.29, 1.82) is 5.26 Å². The number of nitrogens with zero attached hydrogens (tertiary/aromatic N) is 2. The number of benzene rings is 1. The summed E-state index contributed by atoms with van der Waals surface area (Å²) in [5.74, 6) is 0. The van der Waals surface area contributed by atoms with E-state index in [1.165, 1.54) is 5.56 Å². The van der Waals surface area contributed by atoms with Gasteiger partial charge in [0.2, 0.25) is 0 Å². The van der Waals surface area contributed by atoms with Crippen LogP contribution in [-0.4, -0.2) is 13.6 Å². The van der Waals surface area contributed by atoms with Crippen molar-refractivity contribution >= 4 is 5.69 Å². The Balaban J connectivity index is 2.88. The molecule has 62 valence electrons. The molecule has 0 aliphatic heterocycles. The molecule has 0 aliphatic carbocycles. The molecular formula is C10H12N2. The van der Waals surface area contributed by atoms with Gasteiger partial charge < -0.3 is 4.90 Å². The zero-order valence-corrected chi connectivity index (χ0v) is 7.41. The van der Waals surface area contributed by atoms with Crippen molar-refractivity contribution in [2.75, 3.05) is 18.5 Å². The summed E-state index contributed by atoms with van der Waals surface area (Å²) in [5.41, 5.74) is 2.33. The summed E-state index contributed by atoms with van der Waals surface area (Å²) in [6.45, 7) is 2.48. The Morgan fingerprint density at radius 3 is 2.67 bits per heavy atom. The van der Waals surface area contributed by atoms with Gasteiger partial charge in [-0.05, 0) is 18.6 Å². The molecule has 0 aromatic heterocycles. The molecule has 1 aromatic carbocycles. The number of hydrogen-bond acceptors (Lipinski definition) is 2. The smallest absolute Gasteiger partial charge is 0.105 e. The lowest BCUT2D eigenvalue weighted by Crippen LogP contribution is -2.17. The predicted octanol–water partition coefficient (Wildman–Crippen LogP) is 1.95. The molecular weight excluding hydrogens is 148 g/mol. The first-order chi connectivity index (χ1) is 5.75. The van der Waals surface area contributed by atoms with Crippen molar-refractivity contribution in [1.82, 2.24) is 0 Å². The fraction of sp³-hybridized carbons (Fsp3) is 0.300. The highest BCUT2D eigenvalue weighted by Gasteiger charge is 2.00. The summed E-state index contributed by atoms with van der Waals surface area (Å²) in [6, 6.07) is 10.2. The number of nitriles is 1. The highest BCUT2D eigenvalue weighted by molar-refractivity contribution is 5.52. The third kappa shape index (κ3) is 1.76. The number of rotatable bonds is 2. The van der Waals surface area contributed by atoms with Crippen LogP contribution in [0.25, 0.3) is 0 Å². The van der Waals surface area contributed by atoms with Gasteiger partial charge in [-0.1, -0.05) is 18.2 Å². The van der Waals surface area contributed by atoms with E-state index in [2.05, 4.69) is 6.07 Å². The second-order valence-electron chi connectivity index (χ2n) is 2.80. The van der Waals surface area contributed by atoms with Crippen LogP contribution in [0.15, 0.2) is 24.3 Å². The van der Waals surface area contributed by atoms with Crippen LogP contribution in [0.1, 0.15) is 5.56 Å². The summed E-state index contributed by atoms with van der Waals surface area (Å²) in [7, 11) is 1.92. The Hall–Kier alpha value is -1.49. The molecule has 12 heavy (non-hydrogen) atoms. The first-order valence-corrected chi connectivity index (χ1v) is 3.89. The lowest BCUT2D eigenvalue weighted by Gasteiger charge is -2.17. The largest absolute Gasteiger partial charge is 0.361 e. The van der Waals surface area contributed by atoms with Crippen LogP contribution < -0.4 is 4.90 Å². The monoisotopic (exact) mass is 160 g/mol. The van der Waals surface area contributed by atoms with Crippen molar-refractivity contribution in [3.63, 3.8) is 0 Å². The third-order valence-electron chi connectivity index (χ3n) is 1.83. The van der Waals surface area contributed by atoms with Gasteiger partial charge >= 0.3 is 0 Å². The predicted molar refractivity (Wildman–Crippen MR) is 50.1 cm³/mol. The molecule has 0 amide bonds. The minimum atomic E-state index is 0.435. The molecule has 0 atom stereocenters. The van der Waals surface area contributed by atoms with Gasteiger partial charge in [-0.25, -0.2) is 0 Å². The SMILES string of the molecule is Cc1ccccc1N(C)CC#N. The highest BCUT2D eigenvalue weighted by Crippen LogP contribution is 2.16. The normalized spacial score (nSPS) is 9.08. The van der Waals surface area contributed by atoms with E-state index in [1.54, 1.807) is 0 Å². The van der Waals surface area contributed by atoms with Crippen molar-refractivity contribution in [2.24, 2.45) is 0 Å². The molecule has 0 fully saturated rings. The van der Waals surface area contributed by atoms with Crippen molar-refractivity contribution in [3.05, 3.63) is 29.8 Å². The van der Waals surface area contributed by atoms with Crippen LogP contribution in [0.3, 0.4) is 0 Å². The molecule has 0 radical (unpaired) electrons. The Labute approximate surface area is 73.0 Å². The summed E-state index contributed by atoms with van der Waals surface area (Å²) < 4.78 is 0. The lowest BCUT2D eigenvalue weighted by atomic mass is 10.2. The highest BCUT2D eigenvalue weighted by atomic mass is 15.1. The molecule has 2 nitrogen and oxygen atoms in total. The second kappa shape index (κ2) is 3.77. The van der Waals surface area contributed by atoms with Crippen LogP contribution in [0.5, 0.6) is 0 Å². The van der Waals surface area contributed by atoms with Gasteiger partial charge in [0.1, 0.15) is 6.54 Å². The molecule has 0 bridgehead atoms. The maximum atomic E-state index is 8.50. The van der Waals surface area contributed by atoms with E-state index in [9.17, 15) is 0 Å². The quantitative estimate of drug-likeness (QED) is 0.618. The summed E-state index contributed by atoms with van der Waals surface area (Å²) >= 11 is 0. The van der Waals surface area contributed by atoms with Gasteiger partial charge in [0, 0.05) is 12.7 Å². The number of aryl methyl sites for hydroxylation is 1. The van der Waals surface area contributed by atoms with E-state index in [-0.39, 0.29) is 0 Å². The molecule has 0 heterocycles. The minimum Gasteiger partial charge on any atom is -0.361 e. The molecule has 0 spiro atoms. The van der Waals surface area contributed by atoms with E-state index in [0.29, 0.717) is 6.54 Å². The molecule has 1 rings (SSSR count). The maximum Gasteiger partial charge on any atom is 0.105 e. The van der Waals surface area contributed by atoms with Gasteiger partial charge in [-0.2, -0.15) is 5.26 Å². The molecule has 1 aromatic rings. The Bertz CT molecular complexity index is 299.